The number of hydrogen-bond acceptors (Lipinski definition) is 3. The minimum atomic E-state index is -3.26. The van der Waals surface area contributed by atoms with Crippen molar-refractivity contribution < 1.29 is 13.2 Å². The molecule has 0 aromatic rings. The highest BCUT2D eigenvalue weighted by atomic mass is 32.2. The maximum atomic E-state index is 11.9. The molecule has 1 N–H and O–H groups in total. The number of hydrogen-bond donors (Lipinski definition) is 1. The molecule has 1 aliphatic carbocycles. The van der Waals surface area contributed by atoms with E-state index in [9.17, 15) is 8.42 Å². The van der Waals surface area contributed by atoms with Gasteiger partial charge in [0.1, 0.15) is 0 Å². The fraction of sp³-hybridized carbons (Fsp3) is 1.00. The van der Waals surface area contributed by atoms with E-state index in [4.69, 9.17) is 4.74 Å². The van der Waals surface area contributed by atoms with E-state index in [0.29, 0.717) is 26.3 Å². The molecule has 0 bridgehead atoms. The molecular formula is C9H18N2O3S. The highest BCUT2D eigenvalue weighted by Gasteiger charge is 2.28. The highest BCUT2D eigenvalue weighted by molar-refractivity contribution is 7.87. The largest absolute Gasteiger partial charge is 0.379 e. The summed E-state index contributed by atoms with van der Waals surface area (Å²) in [5.41, 5.74) is 0. The van der Waals surface area contributed by atoms with Crippen LogP contribution in [-0.4, -0.2) is 45.1 Å². The van der Waals surface area contributed by atoms with Crippen molar-refractivity contribution in [2.24, 2.45) is 0 Å². The second-order valence-corrected chi connectivity index (χ2v) is 5.82. The predicted molar refractivity (Wildman–Crippen MR) is 56.7 cm³/mol. The van der Waals surface area contributed by atoms with Gasteiger partial charge in [-0.15, -0.1) is 0 Å². The van der Waals surface area contributed by atoms with Crippen LogP contribution in [0.25, 0.3) is 0 Å². The third kappa shape index (κ3) is 2.90. The van der Waals surface area contributed by atoms with E-state index >= 15 is 0 Å². The first-order valence-corrected chi connectivity index (χ1v) is 6.98. The van der Waals surface area contributed by atoms with E-state index in [1.165, 1.54) is 4.31 Å². The van der Waals surface area contributed by atoms with Crippen LogP contribution in [0.3, 0.4) is 0 Å². The Morgan fingerprint density at radius 2 is 1.73 bits per heavy atom. The van der Waals surface area contributed by atoms with Crippen LogP contribution in [0.1, 0.15) is 25.7 Å². The number of morpholine rings is 1. The standard InChI is InChI=1S/C9H18N2O3S/c12-15(13,10-9-3-1-2-4-9)11-5-7-14-8-6-11/h9-10H,1-8H2. The van der Waals surface area contributed by atoms with Gasteiger partial charge in [0.2, 0.25) is 0 Å². The van der Waals surface area contributed by atoms with Crippen LogP contribution in [-0.2, 0) is 14.9 Å². The lowest BCUT2D eigenvalue weighted by Crippen LogP contribution is -2.49. The van der Waals surface area contributed by atoms with Gasteiger partial charge < -0.3 is 4.74 Å². The first-order valence-electron chi connectivity index (χ1n) is 5.54. The van der Waals surface area contributed by atoms with E-state index in [-0.39, 0.29) is 6.04 Å². The molecule has 0 spiro atoms. The zero-order chi connectivity index (χ0) is 10.7. The van der Waals surface area contributed by atoms with Crippen molar-refractivity contribution >= 4 is 10.2 Å². The summed E-state index contributed by atoms with van der Waals surface area (Å²) in [5, 5.41) is 0. The third-order valence-electron chi connectivity index (χ3n) is 2.98. The van der Waals surface area contributed by atoms with Crippen molar-refractivity contribution in [2.45, 2.75) is 31.7 Å². The molecule has 0 atom stereocenters. The van der Waals surface area contributed by atoms with E-state index in [0.717, 1.165) is 25.7 Å². The van der Waals surface area contributed by atoms with Crippen molar-refractivity contribution in [1.82, 2.24) is 9.03 Å². The molecule has 5 nitrogen and oxygen atoms in total. The highest BCUT2D eigenvalue weighted by Crippen LogP contribution is 2.19. The van der Waals surface area contributed by atoms with Crippen molar-refractivity contribution in [1.29, 1.82) is 0 Å². The summed E-state index contributed by atoms with van der Waals surface area (Å²) >= 11 is 0. The summed E-state index contributed by atoms with van der Waals surface area (Å²) in [4.78, 5) is 0. The summed E-state index contributed by atoms with van der Waals surface area (Å²) in [6, 6.07) is 0.151. The van der Waals surface area contributed by atoms with E-state index in [1.54, 1.807) is 0 Å². The first-order chi connectivity index (χ1) is 7.18. The van der Waals surface area contributed by atoms with Gasteiger partial charge in [-0.1, -0.05) is 12.8 Å². The van der Waals surface area contributed by atoms with Gasteiger partial charge in [0, 0.05) is 19.1 Å². The molecule has 0 aromatic heterocycles. The smallest absolute Gasteiger partial charge is 0.279 e. The molecule has 15 heavy (non-hydrogen) atoms. The molecule has 2 rings (SSSR count). The molecule has 1 saturated carbocycles. The maximum absolute atomic E-state index is 11.9. The second-order valence-electron chi connectivity index (χ2n) is 4.12. The van der Waals surface area contributed by atoms with Crippen molar-refractivity contribution in [2.75, 3.05) is 26.3 Å². The summed E-state index contributed by atoms with van der Waals surface area (Å²) in [5.74, 6) is 0. The Morgan fingerprint density at radius 1 is 1.13 bits per heavy atom. The summed E-state index contributed by atoms with van der Waals surface area (Å²) in [7, 11) is -3.26. The molecule has 2 aliphatic rings. The molecule has 0 amide bonds. The Balaban J connectivity index is 1.92. The summed E-state index contributed by atoms with van der Waals surface area (Å²) in [6.45, 7) is 1.96. The Morgan fingerprint density at radius 3 is 2.33 bits per heavy atom. The van der Waals surface area contributed by atoms with Crippen molar-refractivity contribution in [3.8, 4) is 0 Å². The average Bonchev–Trinajstić information content (AvgIpc) is 2.71. The fourth-order valence-corrected chi connectivity index (χ4v) is 3.55. The van der Waals surface area contributed by atoms with Gasteiger partial charge in [-0.2, -0.15) is 17.4 Å². The zero-order valence-electron chi connectivity index (χ0n) is 8.81. The van der Waals surface area contributed by atoms with Gasteiger partial charge in [-0.25, -0.2) is 0 Å². The summed E-state index contributed by atoms with van der Waals surface area (Å²) in [6.07, 6.45) is 4.22. The van der Waals surface area contributed by atoms with Crippen LogP contribution in [0.15, 0.2) is 0 Å². The second kappa shape index (κ2) is 4.78. The van der Waals surface area contributed by atoms with E-state index in [2.05, 4.69) is 4.72 Å². The van der Waals surface area contributed by atoms with Crippen molar-refractivity contribution in [3.05, 3.63) is 0 Å². The number of nitrogens with one attached hydrogen (secondary N) is 1. The molecule has 0 aromatic carbocycles. The third-order valence-corrected chi connectivity index (χ3v) is 4.66. The van der Waals surface area contributed by atoms with Crippen LogP contribution in [0.5, 0.6) is 0 Å². The normalized spacial score (nSPS) is 25.9. The molecule has 1 saturated heterocycles. The lowest BCUT2D eigenvalue weighted by Gasteiger charge is -2.27. The fourth-order valence-electron chi connectivity index (χ4n) is 2.12. The van der Waals surface area contributed by atoms with Gasteiger partial charge in [0.15, 0.2) is 0 Å². The Bertz CT molecular complexity index is 292. The molecule has 6 heteroatoms. The molecule has 2 fully saturated rings. The average molecular weight is 234 g/mol. The van der Waals surface area contributed by atoms with Crippen LogP contribution >= 0.6 is 0 Å². The maximum Gasteiger partial charge on any atom is 0.279 e. The van der Waals surface area contributed by atoms with Gasteiger partial charge in [-0.3, -0.25) is 0 Å². The zero-order valence-corrected chi connectivity index (χ0v) is 9.63. The molecule has 1 aliphatic heterocycles. The molecule has 0 radical (unpaired) electrons. The topological polar surface area (TPSA) is 58.6 Å². The Labute approximate surface area is 91.0 Å². The van der Waals surface area contributed by atoms with Gasteiger partial charge in [0.25, 0.3) is 10.2 Å². The molecule has 0 unspecified atom stereocenters. The van der Waals surface area contributed by atoms with Gasteiger partial charge >= 0.3 is 0 Å². The molecule has 88 valence electrons. The first kappa shape index (κ1) is 11.3. The lowest BCUT2D eigenvalue weighted by molar-refractivity contribution is 0.0723. The van der Waals surface area contributed by atoms with Gasteiger partial charge in [0.05, 0.1) is 13.2 Å². The Kier molecular flexibility index (Phi) is 3.60. The van der Waals surface area contributed by atoms with E-state index in [1.807, 2.05) is 0 Å². The van der Waals surface area contributed by atoms with Crippen LogP contribution in [0, 0.1) is 0 Å². The van der Waals surface area contributed by atoms with Gasteiger partial charge in [-0.05, 0) is 12.8 Å². The number of nitrogens with zero attached hydrogens (tertiary/aromatic N) is 1. The van der Waals surface area contributed by atoms with Crippen LogP contribution in [0.2, 0.25) is 0 Å². The monoisotopic (exact) mass is 234 g/mol. The lowest BCUT2D eigenvalue weighted by atomic mass is 10.3. The minimum absolute atomic E-state index is 0.151. The quantitative estimate of drug-likeness (QED) is 0.753. The number of rotatable bonds is 3. The van der Waals surface area contributed by atoms with E-state index < -0.39 is 10.2 Å². The van der Waals surface area contributed by atoms with Crippen LogP contribution in [0.4, 0.5) is 0 Å². The van der Waals surface area contributed by atoms with Crippen molar-refractivity contribution in [3.63, 3.8) is 0 Å². The SMILES string of the molecule is O=S(=O)(NC1CCCC1)N1CCOCC1. The number of ether oxygens (including phenoxy) is 1. The minimum Gasteiger partial charge on any atom is -0.379 e. The molecular weight excluding hydrogens is 216 g/mol. The predicted octanol–water partition coefficient (Wildman–Crippen LogP) is 0.0956. The summed E-state index contributed by atoms with van der Waals surface area (Å²) < 4.78 is 33.2. The van der Waals surface area contributed by atoms with Crippen LogP contribution < -0.4 is 4.72 Å². The Hall–Kier alpha value is -0.170. The molecule has 1 heterocycles.